The van der Waals surface area contributed by atoms with Crippen LogP contribution in [0.25, 0.3) is 0 Å². The molecule has 1 unspecified atom stereocenters. The van der Waals surface area contributed by atoms with Gasteiger partial charge in [0.1, 0.15) is 11.5 Å². The second-order valence-corrected chi connectivity index (χ2v) is 8.14. The van der Waals surface area contributed by atoms with Crippen LogP contribution in [0.1, 0.15) is 20.3 Å². The summed E-state index contributed by atoms with van der Waals surface area (Å²) >= 11 is 1.96. The van der Waals surface area contributed by atoms with Crippen molar-refractivity contribution in [2.45, 2.75) is 25.5 Å². The van der Waals surface area contributed by atoms with Gasteiger partial charge in [-0.15, -0.1) is 0 Å². The maximum absolute atomic E-state index is 13.9. The van der Waals surface area contributed by atoms with Gasteiger partial charge in [-0.1, -0.05) is 18.2 Å². The number of allylic oxidation sites excluding steroid dienone is 6. The summed E-state index contributed by atoms with van der Waals surface area (Å²) in [5.74, 6) is 1.57. The standard InChI is InChI=1S/C21H28FN5S/c1-3-19(16-6-4-5-7-17(22)12-16)27-21(20-15(2)24-8-9-25-20)26-14-18-13-23-10-11-28-18/h3,5-7,12,18,23H,4,8-11,13-14H2,1-2H3,(H,26,27)/b19-3-. The topological polar surface area (TPSA) is 61.1 Å². The Kier molecular flexibility index (Phi) is 7.80. The lowest BCUT2D eigenvalue weighted by Gasteiger charge is -2.24. The predicted octanol–water partition coefficient (Wildman–Crippen LogP) is 3.24. The van der Waals surface area contributed by atoms with Crippen LogP contribution in [0.15, 0.2) is 62.5 Å². The first-order valence-electron chi connectivity index (χ1n) is 9.79. The molecule has 0 aromatic carbocycles. The fourth-order valence-electron chi connectivity index (χ4n) is 3.18. The summed E-state index contributed by atoms with van der Waals surface area (Å²) in [6.07, 6.45) is 9.42. The summed E-state index contributed by atoms with van der Waals surface area (Å²) in [4.78, 5) is 14.1. The summed E-state index contributed by atoms with van der Waals surface area (Å²) in [6, 6.07) is 0. The molecular formula is C21H28FN5S. The Hall–Kier alpha value is -1.99. The third kappa shape index (κ3) is 5.75. The van der Waals surface area contributed by atoms with Crippen LogP contribution in [0.4, 0.5) is 4.39 Å². The van der Waals surface area contributed by atoms with Gasteiger partial charge >= 0.3 is 0 Å². The van der Waals surface area contributed by atoms with Crippen molar-refractivity contribution >= 4 is 29.0 Å². The number of aliphatic imine (C=N–C) groups is 3. The van der Waals surface area contributed by atoms with E-state index in [1.807, 2.05) is 43.8 Å². The normalized spacial score (nSPS) is 24.0. The Morgan fingerprint density at radius 1 is 1.43 bits per heavy atom. The minimum absolute atomic E-state index is 0.259. The van der Waals surface area contributed by atoms with E-state index in [4.69, 9.17) is 4.99 Å². The lowest BCUT2D eigenvalue weighted by Crippen LogP contribution is -2.44. The molecule has 1 aliphatic carbocycles. The van der Waals surface area contributed by atoms with Crippen LogP contribution in [0, 0.1) is 0 Å². The Bertz CT molecular complexity index is 783. The van der Waals surface area contributed by atoms with Gasteiger partial charge in [-0.25, -0.2) is 9.38 Å². The molecular weight excluding hydrogens is 373 g/mol. The van der Waals surface area contributed by atoms with Crippen molar-refractivity contribution in [2.75, 3.05) is 38.5 Å². The average molecular weight is 402 g/mol. The maximum atomic E-state index is 13.9. The highest BCUT2D eigenvalue weighted by Gasteiger charge is 2.19. The van der Waals surface area contributed by atoms with E-state index in [1.165, 1.54) is 12.2 Å². The van der Waals surface area contributed by atoms with Crippen LogP contribution in [-0.2, 0) is 0 Å². The zero-order chi connectivity index (χ0) is 19.8. The molecule has 1 fully saturated rings. The van der Waals surface area contributed by atoms with E-state index < -0.39 is 0 Å². The molecule has 2 N–H and O–H groups in total. The smallest absolute Gasteiger partial charge is 0.154 e. The van der Waals surface area contributed by atoms with Gasteiger partial charge in [0.2, 0.25) is 0 Å². The SMILES string of the molecule is C/C=C(\N=C(\NCC1CNCCS1)C1=NCCN=C1C)C1=CCC=CC(F)=C1. The highest BCUT2D eigenvalue weighted by Crippen LogP contribution is 2.21. The highest BCUT2D eigenvalue weighted by atomic mass is 32.2. The molecule has 2 aliphatic heterocycles. The van der Waals surface area contributed by atoms with Gasteiger partial charge in [0.15, 0.2) is 5.84 Å². The number of rotatable bonds is 5. The van der Waals surface area contributed by atoms with Gasteiger partial charge in [-0.3, -0.25) is 9.98 Å². The Morgan fingerprint density at radius 3 is 3.04 bits per heavy atom. The molecule has 7 heteroatoms. The molecule has 3 aliphatic rings. The molecule has 0 bridgehead atoms. The van der Waals surface area contributed by atoms with E-state index >= 15 is 0 Å². The number of nitrogens with zero attached hydrogens (tertiary/aromatic N) is 3. The number of nitrogens with one attached hydrogen (secondary N) is 2. The van der Waals surface area contributed by atoms with Gasteiger partial charge in [0.05, 0.1) is 24.5 Å². The number of halogens is 1. The van der Waals surface area contributed by atoms with Crippen LogP contribution in [0.3, 0.4) is 0 Å². The first-order chi connectivity index (χ1) is 13.7. The van der Waals surface area contributed by atoms with Gasteiger partial charge in [0.25, 0.3) is 0 Å². The van der Waals surface area contributed by atoms with Crippen LogP contribution in [0.5, 0.6) is 0 Å². The molecule has 150 valence electrons. The molecule has 2 heterocycles. The quantitative estimate of drug-likeness (QED) is 0.549. The van der Waals surface area contributed by atoms with Crippen molar-refractivity contribution in [3.63, 3.8) is 0 Å². The lowest BCUT2D eigenvalue weighted by atomic mass is 10.1. The minimum atomic E-state index is -0.259. The average Bonchev–Trinajstić information content (AvgIpc) is 2.94. The van der Waals surface area contributed by atoms with E-state index in [-0.39, 0.29) is 5.83 Å². The predicted molar refractivity (Wildman–Crippen MR) is 120 cm³/mol. The molecule has 5 nitrogen and oxygen atoms in total. The van der Waals surface area contributed by atoms with Crippen LogP contribution in [-0.4, -0.2) is 61.0 Å². The van der Waals surface area contributed by atoms with E-state index in [0.29, 0.717) is 30.6 Å². The second-order valence-electron chi connectivity index (χ2n) is 6.74. The Morgan fingerprint density at radius 2 is 2.29 bits per heavy atom. The van der Waals surface area contributed by atoms with E-state index in [0.717, 1.165) is 48.1 Å². The summed E-state index contributed by atoms with van der Waals surface area (Å²) in [6.45, 7) is 8.10. The largest absolute Gasteiger partial charge is 0.367 e. The van der Waals surface area contributed by atoms with Crippen LogP contribution in [0.2, 0.25) is 0 Å². The summed E-state index contributed by atoms with van der Waals surface area (Å²) in [5.41, 5.74) is 3.21. The van der Waals surface area contributed by atoms with Crippen molar-refractivity contribution in [2.24, 2.45) is 15.0 Å². The van der Waals surface area contributed by atoms with Gasteiger partial charge in [0, 0.05) is 30.6 Å². The van der Waals surface area contributed by atoms with E-state index in [9.17, 15) is 4.39 Å². The monoisotopic (exact) mass is 401 g/mol. The molecule has 0 radical (unpaired) electrons. The summed E-state index contributed by atoms with van der Waals surface area (Å²) in [5, 5.41) is 7.41. The fourth-order valence-corrected chi connectivity index (χ4v) is 4.21. The first-order valence-corrected chi connectivity index (χ1v) is 10.8. The molecule has 0 saturated carbocycles. The highest BCUT2D eigenvalue weighted by molar-refractivity contribution is 8.00. The lowest BCUT2D eigenvalue weighted by molar-refractivity contribution is 0.656. The summed E-state index contributed by atoms with van der Waals surface area (Å²) in [7, 11) is 0. The molecule has 1 saturated heterocycles. The zero-order valence-corrected chi connectivity index (χ0v) is 17.4. The number of hydrogen-bond acceptors (Lipinski definition) is 5. The molecule has 1 atom stereocenters. The van der Waals surface area contributed by atoms with E-state index in [2.05, 4.69) is 20.6 Å². The Labute approximate surface area is 170 Å². The van der Waals surface area contributed by atoms with Crippen molar-refractivity contribution in [1.29, 1.82) is 0 Å². The molecule has 28 heavy (non-hydrogen) atoms. The summed E-state index contributed by atoms with van der Waals surface area (Å²) < 4.78 is 13.9. The van der Waals surface area contributed by atoms with Crippen LogP contribution >= 0.6 is 11.8 Å². The molecule has 0 spiro atoms. The van der Waals surface area contributed by atoms with Crippen LogP contribution < -0.4 is 10.6 Å². The number of amidine groups is 1. The van der Waals surface area contributed by atoms with E-state index in [1.54, 1.807) is 0 Å². The molecule has 0 aromatic heterocycles. The van der Waals surface area contributed by atoms with Crippen molar-refractivity contribution in [3.8, 4) is 0 Å². The fraction of sp³-hybridized carbons (Fsp3) is 0.476. The second kappa shape index (κ2) is 10.5. The third-order valence-corrected chi connectivity index (χ3v) is 5.88. The van der Waals surface area contributed by atoms with Crippen molar-refractivity contribution in [1.82, 2.24) is 10.6 Å². The van der Waals surface area contributed by atoms with Crippen molar-refractivity contribution < 1.29 is 4.39 Å². The molecule has 3 rings (SSSR count). The van der Waals surface area contributed by atoms with Gasteiger partial charge in [-0.05, 0) is 38.0 Å². The molecule has 0 aromatic rings. The molecule has 0 amide bonds. The maximum Gasteiger partial charge on any atom is 0.154 e. The zero-order valence-electron chi connectivity index (χ0n) is 16.5. The third-order valence-electron chi connectivity index (χ3n) is 4.63. The minimum Gasteiger partial charge on any atom is -0.367 e. The number of thioether (sulfide) groups is 1. The van der Waals surface area contributed by atoms with Crippen molar-refractivity contribution in [3.05, 3.63) is 47.5 Å². The number of hydrogen-bond donors (Lipinski definition) is 2. The van der Waals surface area contributed by atoms with Gasteiger partial charge in [-0.2, -0.15) is 11.8 Å². The first kappa shape index (κ1) is 20.7. The van der Waals surface area contributed by atoms with Gasteiger partial charge < -0.3 is 10.6 Å². The Balaban J connectivity index is 1.85.